The molecule has 2 aromatic carbocycles. The number of rotatable bonds is 5. The Balaban J connectivity index is 1.24. The highest BCUT2D eigenvalue weighted by Gasteiger charge is 2.55. The Bertz CT molecular complexity index is 1340. The average Bonchev–Trinajstić information content (AvgIpc) is 3.32. The Morgan fingerprint density at radius 3 is 2.83 bits per heavy atom. The van der Waals surface area contributed by atoms with E-state index in [1.54, 1.807) is 30.3 Å². The molecule has 3 aliphatic rings. The van der Waals surface area contributed by atoms with E-state index in [0.29, 0.717) is 34.3 Å². The third-order valence-corrected chi connectivity index (χ3v) is 7.80. The highest BCUT2D eigenvalue weighted by molar-refractivity contribution is 7.19. The quantitative estimate of drug-likeness (QED) is 0.560. The number of anilines is 1. The zero-order chi connectivity index (χ0) is 24.3. The number of nitrogens with zero attached hydrogens (tertiary/aromatic N) is 2. The molecule has 10 heteroatoms. The number of thiazole rings is 1. The number of hydrogen-bond donors (Lipinski definition) is 2. The number of halogens is 1. The standard InChI is InChI=1S/C25H23FN4O4S/c26-14-4-1-3-12(7-14)22-20(29-25(28)35-22)24(32)30-15(8-13-9-18(13)30)10-16-11-33-21-17(23(27)31)5-2-6-19(21)34-16/h1-7,13,15-16,18H,8-11H2,(H2,27,31)(H2,28,29)/t13-,15+,16?,18+/m1/s1. The lowest BCUT2D eigenvalue weighted by atomic mass is 10.0. The van der Waals surface area contributed by atoms with Crippen LogP contribution in [0.15, 0.2) is 42.5 Å². The maximum absolute atomic E-state index is 13.9. The number of aromatic nitrogens is 1. The lowest BCUT2D eigenvalue weighted by Gasteiger charge is -2.33. The molecule has 8 nitrogen and oxygen atoms in total. The van der Waals surface area contributed by atoms with Gasteiger partial charge in [-0.1, -0.05) is 29.5 Å². The van der Waals surface area contributed by atoms with Gasteiger partial charge in [0, 0.05) is 18.5 Å². The maximum Gasteiger partial charge on any atom is 0.274 e. The van der Waals surface area contributed by atoms with E-state index >= 15 is 0 Å². The number of benzene rings is 2. The number of ether oxygens (including phenoxy) is 2. The van der Waals surface area contributed by atoms with Gasteiger partial charge in [-0.2, -0.15) is 0 Å². The fraction of sp³-hybridized carbons (Fsp3) is 0.320. The third-order valence-electron chi connectivity index (χ3n) is 6.86. The first-order chi connectivity index (χ1) is 16.9. The van der Waals surface area contributed by atoms with E-state index in [4.69, 9.17) is 20.9 Å². The van der Waals surface area contributed by atoms with Crippen LogP contribution in [0.25, 0.3) is 10.4 Å². The predicted molar refractivity (Wildman–Crippen MR) is 128 cm³/mol. The molecule has 3 aromatic rings. The van der Waals surface area contributed by atoms with Crippen LogP contribution in [-0.4, -0.2) is 46.5 Å². The summed E-state index contributed by atoms with van der Waals surface area (Å²) >= 11 is 1.18. The van der Waals surface area contributed by atoms with Crippen molar-refractivity contribution >= 4 is 28.3 Å². The monoisotopic (exact) mass is 494 g/mol. The summed E-state index contributed by atoms with van der Waals surface area (Å²) < 4.78 is 25.9. The van der Waals surface area contributed by atoms with E-state index < -0.39 is 5.91 Å². The molecule has 0 bridgehead atoms. The summed E-state index contributed by atoms with van der Waals surface area (Å²) in [5.74, 6) is 0.128. The van der Waals surface area contributed by atoms with E-state index in [0.717, 1.165) is 12.8 Å². The van der Waals surface area contributed by atoms with Crippen LogP contribution in [0.2, 0.25) is 0 Å². The smallest absolute Gasteiger partial charge is 0.274 e. The minimum atomic E-state index is -0.576. The molecule has 1 saturated heterocycles. The number of carbonyl (C=O) groups is 2. The molecule has 4 atom stereocenters. The fourth-order valence-corrected chi connectivity index (χ4v) is 6.10. The normalized spacial score (nSPS) is 24.2. The first-order valence-electron chi connectivity index (χ1n) is 11.5. The van der Waals surface area contributed by atoms with Crippen molar-refractivity contribution in [1.29, 1.82) is 0 Å². The van der Waals surface area contributed by atoms with Gasteiger partial charge >= 0.3 is 0 Å². The second-order valence-corrected chi connectivity index (χ2v) is 10.2. The molecule has 180 valence electrons. The number of amides is 2. The minimum Gasteiger partial charge on any atom is -0.485 e. The van der Waals surface area contributed by atoms with Crippen LogP contribution >= 0.6 is 11.3 Å². The van der Waals surface area contributed by atoms with Crippen LogP contribution in [-0.2, 0) is 0 Å². The molecule has 1 aliphatic carbocycles. The molecule has 0 radical (unpaired) electrons. The average molecular weight is 495 g/mol. The van der Waals surface area contributed by atoms with Gasteiger partial charge in [0.25, 0.3) is 11.8 Å². The summed E-state index contributed by atoms with van der Waals surface area (Å²) in [6, 6.07) is 11.3. The molecule has 2 amide bonds. The number of carbonyl (C=O) groups excluding carboxylic acids is 2. The van der Waals surface area contributed by atoms with Gasteiger partial charge in [0.1, 0.15) is 24.2 Å². The van der Waals surface area contributed by atoms with Crippen molar-refractivity contribution in [2.45, 2.75) is 37.5 Å². The molecule has 1 aromatic heterocycles. The third kappa shape index (κ3) is 3.87. The van der Waals surface area contributed by atoms with Crippen molar-refractivity contribution in [3.05, 3.63) is 59.5 Å². The van der Waals surface area contributed by atoms with Crippen molar-refractivity contribution in [3.63, 3.8) is 0 Å². The highest BCUT2D eigenvalue weighted by Crippen LogP contribution is 2.50. The number of fused-ring (bicyclic) bond motifs is 2. The van der Waals surface area contributed by atoms with Crippen LogP contribution in [0.3, 0.4) is 0 Å². The molecule has 2 fully saturated rings. The SMILES string of the molecule is NC(=O)c1cccc2c1OCC(C[C@@H]1C[C@@H]3C[C@@H]3N1C(=O)c1nc(N)sc1-c1cccc(F)c1)O2. The number of piperidine rings is 1. The van der Waals surface area contributed by atoms with Crippen LogP contribution in [0.1, 0.15) is 40.1 Å². The summed E-state index contributed by atoms with van der Waals surface area (Å²) in [5, 5.41) is 0.265. The Hall–Kier alpha value is -3.66. The molecule has 3 heterocycles. The van der Waals surface area contributed by atoms with Gasteiger partial charge in [-0.15, -0.1) is 0 Å². The lowest BCUT2D eigenvalue weighted by molar-refractivity contribution is 0.0477. The van der Waals surface area contributed by atoms with Crippen LogP contribution in [0.4, 0.5) is 9.52 Å². The van der Waals surface area contributed by atoms with Crippen molar-refractivity contribution < 1.29 is 23.5 Å². The van der Waals surface area contributed by atoms with E-state index in [-0.39, 0.29) is 52.9 Å². The van der Waals surface area contributed by atoms with Crippen LogP contribution in [0.5, 0.6) is 11.5 Å². The van der Waals surface area contributed by atoms with Gasteiger partial charge in [0.15, 0.2) is 16.6 Å². The number of likely N-dealkylation sites (tertiary alicyclic amines) is 1. The van der Waals surface area contributed by atoms with Crippen molar-refractivity contribution in [2.24, 2.45) is 11.7 Å². The van der Waals surface area contributed by atoms with Gasteiger partial charge in [-0.3, -0.25) is 9.59 Å². The van der Waals surface area contributed by atoms with E-state index in [2.05, 4.69) is 4.98 Å². The summed E-state index contributed by atoms with van der Waals surface area (Å²) in [6.45, 7) is 0.253. The Morgan fingerprint density at radius 2 is 2.03 bits per heavy atom. The van der Waals surface area contributed by atoms with Crippen LogP contribution < -0.4 is 20.9 Å². The second kappa shape index (κ2) is 8.23. The lowest BCUT2D eigenvalue weighted by Crippen LogP contribution is -2.43. The van der Waals surface area contributed by atoms with Crippen molar-refractivity contribution in [3.8, 4) is 21.9 Å². The van der Waals surface area contributed by atoms with Gasteiger partial charge in [-0.25, -0.2) is 9.37 Å². The van der Waals surface area contributed by atoms with Gasteiger partial charge < -0.3 is 25.8 Å². The largest absolute Gasteiger partial charge is 0.485 e. The minimum absolute atomic E-state index is 0.0518. The summed E-state index contributed by atoms with van der Waals surface area (Å²) in [5.41, 5.74) is 12.5. The van der Waals surface area contributed by atoms with E-state index in [1.165, 1.54) is 23.5 Å². The topological polar surface area (TPSA) is 121 Å². The zero-order valence-corrected chi connectivity index (χ0v) is 19.5. The molecule has 2 aliphatic heterocycles. The second-order valence-electron chi connectivity index (χ2n) is 9.19. The Labute approximate surface area is 204 Å². The Morgan fingerprint density at radius 1 is 1.20 bits per heavy atom. The molecule has 1 unspecified atom stereocenters. The number of primary amides is 1. The van der Waals surface area contributed by atoms with Gasteiger partial charge in [0.2, 0.25) is 0 Å². The zero-order valence-electron chi connectivity index (χ0n) is 18.6. The molecule has 35 heavy (non-hydrogen) atoms. The van der Waals surface area contributed by atoms with Crippen molar-refractivity contribution in [1.82, 2.24) is 9.88 Å². The molecule has 4 N–H and O–H groups in total. The number of nitrogens with two attached hydrogens (primary N) is 2. The fourth-order valence-electron chi connectivity index (χ4n) is 5.28. The summed E-state index contributed by atoms with van der Waals surface area (Å²) in [4.78, 5) is 32.2. The summed E-state index contributed by atoms with van der Waals surface area (Å²) in [6.07, 6.45) is 2.13. The molecule has 1 saturated carbocycles. The number of nitrogen functional groups attached to an aromatic ring is 1. The first kappa shape index (κ1) is 21.8. The maximum atomic E-state index is 13.9. The molecular weight excluding hydrogens is 471 g/mol. The first-order valence-corrected chi connectivity index (χ1v) is 12.3. The molecule has 6 rings (SSSR count). The number of hydrogen-bond acceptors (Lipinski definition) is 7. The van der Waals surface area contributed by atoms with E-state index in [9.17, 15) is 14.0 Å². The predicted octanol–water partition coefficient (Wildman–Crippen LogP) is 3.46. The van der Waals surface area contributed by atoms with Crippen molar-refractivity contribution in [2.75, 3.05) is 12.3 Å². The van der Waals surface area contributed by atoms with Gasteiger partial charge in [-0.05, 0) is 48.6 Å². The highest BCUT2D eigenvalue weighted by atomic mass is 32.1. The Kier molecular flexibility index (Phi) is 5.14. The number of para-hydroxylation sites is 1. The summed E-state index contributed by atoms with van der Waals surface area (Å²) in [7, 11) is 0. The molecule has 0 spiro atoms. The molecular formula is C25H23FN4O4S. The van der Waals surface area contributed by atoms with Crippen LogP contribution in [0, 0.1) is 11.7 Å². The van der Waals surface area contributed by atoms with E-state index in [1.807, 2.05) is 4.90 Å². The van der Waals surface area contributed by atoms with Gasteiger partial charge in [0.05, 0.1) is 10.4 Å².